The molecule has 0 radical (unpaired) electrons. The normalized spacial score (nSPS) is 23.8. The molecule has 2 aromatic heterocycles. The summed E-state index contributed by atoms with van der Waals surface area (Å²) in [5.41, 5.74) is 6.64. The van der Waals surface area contributed by atoms with Crippen molar-refractivity contribution in [2.24, 2.45) is 5.92 Å². The molecule has 0 bridgehead atoms. The number of aryl methyl sites for hydroxylation is 1. The van der Waals surface area contributed by atoms with Gasteiger partial charge >= 0.3 is 0 Å². The van der Waals surface area contributed by atoms with Crippen LogP contribution >= 0.6 is 0 Å². The van der Waals surface area contributed by atoms with E-state index in [0.29, 0.717) is 53.8 Å². The van der Waals surface area contributed by atoms with Crippen molar-refractivity contribution in [3.63, 3.8) is 0 Å². The van der Waals surface area contributed by atoms with Gasteiger partial charge in [-0.1, -0.05) is 26.2 Å². The van der Waals surface area contributed by atoms with Crippen molar-refractivity contribution in [1.82, 2.24) is 14.9 Å². The van der Waals surface area contributed by atoms with Gasteiger partial charge in [-0.25, -0.2) is 9.37 Å². The van der Waals surface area contributed by atoms with E-state index in [-0.39, 0.29) is 41.8 Å². The first kappa shape index (κ1) is 24.9. The predicted octanol–water partition coefficient (Wildman–Crippen LogP) is 4.90. The summed E-state index contributed by atoms with van der Waals surface area (Å²) in [5.74, 6) is -0.456. The predicted molar refractivity (Wildman–Crippen MR) is 145 cm³/mol. The summed E-state index contributed by atoms with van der Waals surface area (Å²) in [7, 11) is 0. The van der Waals surface area contributed by atoms with E-state index in [1.54, 1.807) is 4.57 Å². The molecule has 4 heterocycles. The average Bonchev–Trinajstić information content (AvgIpc) is 3.31. The fourth-order valence-corrected chi connectivity index (χ4v) is 7.50. The summed E-state index contributed by atoms with van der Waals surface area (Å²) in [4.78, 5) is 32.1. The highest BCUT2D eigenvalue weighted by atomic mass is 19.1. The number of aliphatic hydroxyl groups is 1. The smallest absolute Gasteiger partial charge is 0.257 e. The number of benzene rings is 1. The number of aromatic nitrogens is 2. The fraction of sp³-hybridized carbons (Fsp3) is 0.516. The van der Waals surface area contributed by atoms with Gasteiger partial charge in [-0.15, -0.1) is 0 Å². The minimum Gasteiger partial charge on any atom is -0.367 e. The number of hydrogen-bond acceptors (Lipinski definition) is 5. The van der Waals surface area contributed by atoms with Crippen molar-refractivity contribution in [3.8, 4) is 11.4 Å². The number of nitrogens with one attached hydrogen (secondary N) is 1. The summed E-state index contributed by atoms with van der Waals surface area (Å²) >= 11 is 0. The third-order valence-corrected chi connectivity index (χ3v) is 9.64. The molecule has 2 unspecified atom stereocenters. The van der Waals surface area contributed by atoms with Crippen LogP contribution in [0.15, 0.2) is 16.9 Å². The molecule has 2 aliphatic heterocycles. The van der Waals surface area contributed by atoms with Gasteiger partial charge in [0.25, 0.3) is 5.56 Å². The second kappa shape index (κ2) is 9.24. The molecule has 7 rings (SSSR count). The number of rotatable bonds is 3. The number of carbonyl (C=O) groups is 1. The molecule has 8 heteroatoms. The van der Waals surface area contributed by atoms with Crippen LogP contribution in [0, 0.1) is 18.7 Å². The Bertz CT molecular complexity index is 1590. The van der Waals surface area contributed by atoms with Gasteiger partial charge in [0.2, 0.25) is 5.91 Å². The molecule has 39 heavy (non-hydrogen) atoms. The molecule has 0 saturated heterocycles. The van der Waals surface area contributed by atoms with Crippen molar-refractivity contribution >= 4 is 16.8 Å². The molecular weight excluding hydrogens is 497 g/mol. The van der Waals surface area contributed by atoms with Gasteiger partial charge in [-0.2, -0.15) is 0 Å². The first-order valence-electron chi connectivity index (χ1n) is 14.4. The van der Waals surface area contributed by atoms with Gasteiger partial charge in [0.05, 0.1) is 36.1 Å². The molecule has 1 saturated carbocycles. The third-order valence-electron chi connectivity index (χ3n) is 9.64. The maximum Gasteiger partial charge on any atom is 0.257 e. The van der Waals surface area contributed by atoms with Gasteiger partial charge in [0, 0.05) is 34.4 Å². The minimum atomic E-state index is -0.962. The number of fused-ring (bicyclic) bond motifs is 5. The molecule has 3 aromatic rings. The molecule has 0 spiro atoms. The largest absolute Gasteiger partial charge is 0.367 e. The third kappa shape index (κ3) is 3.71. The molecule has 1 fully saturated rings. The number of halogens is 1. The zero-order chi connectivity index (χ0) is 27.0. The second-order valence-corrected chi connectivity index (χ2v) is 11.7. The maximum atomic E-state index is 15.1. The monoisotopic (exact) mass is 531 g/mol. The quantitative estimate of drug-likeness (QED) is 0.392. The van der Waals surface area contributed by atoms with Crippen molar-refractivity contribution in [3.05, 3.63) is 61.7 Å². The van der Waals surface area contributed by atoms with Gasteiger partial charge in [-0.3, -0.25) is 9.59 Å². The molecule has 1 aromatic carbocycles. The maximum absolute atomic E-state index is 15.1. The number of nitrogens with zero attached hydrogens (tertiary/aromatic N) is 2. The summed E-state index contributed by atoms with van der Waals surface area (Å²) in [5, 5.41) is 14.8. The van der Waals surface area contributed by atoms with Crippen molar-refractivity contribution in [1.29, 1.82) is 0 Å². The van der Waals surface area contributed by atoms with E-state index in [1.807, 2.05) is 19.9 Å². The Morgan fingerprint density at radius 2 is 1.97 bits per heavy atom. The Morgan fingerprint density at radius 3 is 2.74 bits per heavy atom. The first-order chi connectivity index (χ1) is 18.9. The second-order valence-electron chi connectivity index (χ2n) is 11.7. The topological polar surface area (TPSA) is 93.4 Å². The summed E-state index contributed by atoms with van der Waals surface area (Å²) in [6.45, 7) is 4.19. The number of amides is 1. The van der Waals surface area contributed by atoms with Crippen molar-refractivity contribution in [2.75, 3.05) is 0 Å². The van der Waals surface area contributed by atoms with E-state index in [2.05, 4.69) is 5.32 Å². The number of aliphatic hydroxyl groups excluding tert-OH is 1. The van der Waals surface area contributed by atoms with Crippen LogP contribution in [0.1, 0.15) is 97.2 Å². The lowest BCUT2D eigenvalue weighted by atomic mass is 9.81. The van der Waals surface area contributed by atoms with Crippen molar-refractivity contribution in [2.45, 2.75) is 96.6 Å². The van der Waals surface area contributed by atoms with Gasteiger partial charge in [0.15, 0.2) is 6.29 Å². The Hall–Kier alpha value is -3.10. The lowest BCUT2D eigenvalue weighted by molar-refractivity contribution is -0.134. The Kier molecular flexibility index (Phi) is 5.90. The fourth-order valence-electron chi connectivity index (χ4n) is 7.50. The minimum absolute atomic E-state index is 0.0319. The Balaban J connectivity index is 1.42. The first-order valence-corrected chi connectivity index (χ1v) is 14.4. The van der Waals surface area contributed by atoms with Crippen LogP contribution in [0.4, 0.5) is 4.39 Å². The highest BCUT2D eigenvalue weighted by Gasteiger charge is 2.38. The van der Waals surface area contributed by atoms with Crippen LogP contribution in [0.25, 0.3) is 22.3 Å². The van der Waals surface area contributed by atoms with Gasteiger partial charge < -0.3 is 19.7 Å². The van der Waals surface area contributed by atoms with Gasteiger partial charge in [0.1, 0.15) is 5.82 Å². The Morgan fingerprint density at radius 1 is 1.18 bits per heavy atom. The number of carbonyl (C=O) groups excluding carboxylic acids is 1. The number of ether oxygens (including phenoxy) is 1. The van der Waals surface area contributed by atoms with Crippen molar-refractivity contribution < 1.29 is 19.0 Å². The lowest BCUT2D eigenvalue weighted by Gasteiger charge is -2.31. The molecule has 7 nitrogen and oxygen atoms in total. The van der Waals surface area contributed by atoms with Crippen LogP contribution in [-0.2, 0) is 29.1 Å². The molecule has 4 aliphatic rings. The van der Waals surface area contributed by atoms with Gasteiger partial charge in [-0.05, 0) is 67.3 Å². The molecular formula is C31H34FN3O4. The molecule has 1 amide bonds. The molecule has 2 aliphatic carbocycles. The standard InChI is InChI=1S/C31H34FN3O4/c1-3-17-19-11-25-28-20(13-35(25)30(37)21(19)14-39-31(17)38)27-23(34-29(36)16-7-5-4-6-8-16)10-9-18-15(2)22(32)12-24(33-28)26(18)27/h11-12,16-17,23,31,38H,3-10,13-14H2,1-2H3,(H,34,36)/t17?,23-,31?/m0/s1. The highest BCUT2D eigenvalue weighted by molar-refractivity contribution is 5.93. The molecule has 2 N–H and O–H groups in total. The summed E-state index contributed by atoms with van der Waals surface area (Å²) in [6, 6.07) is 3.25. The van der Waals surface area contributed by atoms with Crippen LogP contribution in [0.2, 0.25) is 0 Å². The van der Waals surface area contributed by atoms with Crippen LogP contribution < -0.4 is 10.9 Å². The van der Waals surface area contributed by atoms with Crippen LogP contribution in [0.3, 0.4) is 0 Å². The Labute approximate surface area is 226 Å². The average molecular weight is 532 g/mol. The van der Waals surface area contributed by atoms with Crippen LogP contribution in [0.5, 0.6) is 0 Å². The summed E-state index contributed by atoms with van der Waals surface area (Å²) in [6.07, 6.45) is 6.20. The molecule has 204 valence electrons. The van der Waals surface area contributed by atoms with E-state index in [9.17, 15) is 14.7 Å². The number of pyridine rings is 2. The molecule has 3 atom stereocenters. The number of hydrogen-bond donors (Lipinski definition) is 2. The zero-order valence-corrected chi connectivity index (χ0v) is 22.5. The van der Waals surface area contributed by atoms with E-state index in [1.165, 1.54) is 12.5 Å². The lowest BCUT2D eigenvalue weighted by Crippen LogP contribution is -2.37. The summed E-state index contributed by atoms with van der Waals surface area (Å²) < 4.78 is 22.3. The SMILES string of the molecule is CCC1c2cc3n(c(=O)c2COC1O)Cc1c-3nc2cc(F)c(C)c3c2c1[C@@H](NC(=O)C1CCCCC1)CC3. The van der Waals surface area contributed by atoms with E-state index in [0.717, 1.165) is 53.3 Å². The van der Waals surface area contributed by atoms with E-state index < -0.39 is 6.29 Å². The van der Waals surface area contributed by atoms with E-state index >= 15 is 4.39 Å². The van der Waals surface area contributed by atoms with E-state index in [4.69, 9.17) is 9.72 Å². The van der Waals surface area contributed by atoms with Crippen LogP contribution in [-0.4, -0.2) is 26.9 Å². The highest BCUT2D eigenvalue weighted by Crippen LogP contribution is 2.46. The zero-order valence-electron chi connectivity index (χ0n) is 22.5.